The molecule has 2 rings (SSSR count). The summed E-state index contributed by atoms with van der Waals surface area (Å²) in [6.45, 7) is 1.07. The van der Waals surface area contributed by atoms with Crippen LogP contribution >= 0.6 is 0 Å². The Labute approximate surface area is 87.5 Å². The molecule has 0 saturated heterocycles. The van der Waals surface area contributed by atoms with Gasteiger partial charge in [0.15, 0.2) is 11.5 Å². The number of nitrogens with one attached hydrogen (secondary N) is 1. The van der Waals surface area contributed by atoms with Gasteiger partial charge in [-0.15, -0.1) is 0 Å². The molecular formula is C10H14N2O3. The van der Waals surface area contributed by atoms with Crippen LogP contribution in [-0.4, -0.2) is 23.9 Å². The van der Waals surface area contributed by atoms with Gasteiger partial charge < -0.3 is 26.0 Å². The molecule has 0 bridgehead atoms. The second-order valence-electron chi connectivity index (χ2n) is 3.56. The monoisotopic (exact) mass is 210 g/mol. The summed E-state index contributed by atoms with van der Waals surface area (Å²) >= 11 is 0. The van der Waals surface area contributed by atoms with Crippen LogP contribution in [0.1, 0.15) is 17.2 Å². The van der Waals surface area contributed by atoms with E-state index in [0.717, 1.165) is 5.56 Å². The highest BCUT2D eigenvalue weighted by Crippen LogP contribution is 2.40. The first kappa shape index (κ1) is 10.1. The standard InChI is InChI=1S/C10H14N2O3/c1-15-7-2-5-3-12-4-6(13)8(5)9(11)10(7)14/h2,6,12-14H,3-4,11H2,1H3. The summed E-state index contributed by atoms with van der Waals surface area (Å²) in [6.07, 6.45) is -0.675. The molecule has 0 aromatic heterocycles. The smallest absolute Gasteiger partial charge is 0.181 e. The number of nitrogen functional groups attached to an aromatic ring is 1. The highest BCUT2D eigenvalue weighted by molar-refractivity contribution is 5.68. The molecule has 0 radical (unpaired) electrons. The van der Waals surface area contributed by atoms with Crippen molar-refractivity contribution < 1.29 is 14.9 Å². The van der Waals surface area contributed by atoms with Crippen molar-refractivity contribution in [3.63, 3.8) is 0 Å². The molecule has 1 atom stereocenters. The van der Waals surface area contributed by atoms with Gasteiger partial charge in [-0.3, -0.25) is 0 Å². The average molecular weight is 210 g/mol. The Hall–Kier alpha value is -1.46. The van der Waals surface area contributed by atoms with Gasteiger partial charge in [0.05, 0.1) is 18.9 Å². The molecule has 5 heteroatoms. The molecule has 1 unspecified atom stereocenters. The topological polar surface area (TPSA) is 87.7 Å². The molecule has 0 aliphatic carbocycles. The summed E-state index contributed by atoms with van der Waals surface area (Å²) in [4.78, 5) is 0. The van der Waals surface area contributed by atoms with Gasteiger partial charge >= 0.3 is 0 Å². The van der Waals surface area contributed by atoms with E-state index < -0.39 is 6.10 Å². The number of hydrogen-bond acceptors (Lipinski definition) is 5. The second kappa shape index (κ2) is 3.60. The van der Waals surface area contributed by atoms with E-state index in [1.165, 1.54) is 7.11 Å². The molecule has 82 valence electrons. The highest BCUT2D eigenvalue weighted by Gasteiger charge is 2.24. The number of phenols is 1. The minimum absolute atomic E-state index is 0.0998. The van der Waals surface area contributed by atoms with Crippen molar-refractivity contribution in [3.8, 4) is 11.5 Å². The zero-order chi connectivity index (χ0) is 11.0. The van der Waals surface area contributed by atoms with Crippen molar-refractivity contribution in [2.24, 2.45) is 0 Å². The van der Waals surface area contributed by atoms with Gasteiger partial charge in [-0.2, -0.15) is 0 Å². The predicted octanol–water partition coefficient (Wildman–Crippen LogP) is 0.120. The fourth-order valence-electron chi connectivity index (χ4n) is 1.88. The number of β-amino-alcohol motifs (C(OH)–C–C–N with tert-alkyl or cyclic N) is 1. The van der Waals surface area contributed by atoms with Crippen LogP contribution in [0.25, 0.3) is 0 Å². The highest BCUT2D eigenvalue weighted by atomic mass is 16.5. The number of nitrogens with two attached hydrogens (primary N) is 1. The molecule has 1 heterocycles. The third-order valence-corrected chi connectivity index (χ3v) is 2.64. The lowest BCUT2D eigenvalue weighted by atomic mass is 9.96. The zero-order valence-corrected chi connectivity index (χ0v) is 8.45. The molecule has 1 aliphatic heterocycles. The molecule has 5 nitrogen and oxygen atoms in total. The number of aliphatic hydroxyl groups excluding tert-OH is 1. The summed E-state index contributed by atoms with van der Waals surface area (Å²) in [5.74, 6) is 0.236. The molecule has 0 amide bonds. The van der Waals surface area contributed by atoms with Crippen LogP contribution in [0, 0.1) is 0 Å². The maximum absolute atomic E-state index is 9.74. The first-order valence-electron chi connectivity index (χ1n) is 4.72. The quantitative estimate of drug-likeness (QED) is 0.390. The van der Waals surface area contributed by atoms with E-state index in [2.05, 4.69) is 5.32 Å². The summed E-state index contributed by atoms with van der Waals surface area (Å²) < 4.78 is 4.99. The van der Waals surface area contributed by atoms with E-state index in [0.29, 0.717) is 24.4 Å². The third kappa shape index (κ3) is 1.49. The molecular weight excluding hydrogens is 196 g/mol. The number of benzene rings is 1. The number of aromatic hydroxyl groups is 1. The maximum atomic E-state index is 9.74. The van der Waals surface area contributed by atoms with Gasteiger partial charge in [0.2, 0.25) is 0 Å². The third-order valence-electron chi connectivity index (χ3n) is 2.64. The fourth-order valence-corrected chi connectivity index (χ4v) is 1.88. The van der Waals surface area contributed by atoms with Crippen molar-refractivity contribution in [2.75, 3.05) is 19.4 Å². The van der Waals surface area contributed by atoms with E-state index >= 15 is 0 Å². The number of ether oxygens (including phenoxy) is 1. The molecule has 0 spiro atoms. The van der Waals surface area contributed by atoms with Gasteiger partial charge in [-0.1, -0.05) is 0 Å². The van der Waals surface area contributed by atoms with E-state index in [1.54, 1.807) is 6.07 Å². The molecule has 15 heavy (non-hydrogen) atoms. The summed E-state index contributed by atoms with van der Waals surface area (Å²) in [5.41, 5.74) is 7.42. The van der Waals surface area contributed by atoms with Crippen LogP contribution in [0.5, 0.6) is 11.5 Å². The lowest BCUT2D eigenvalue weighted by Gasteiger charge is -2.25. The lowest BCUT2D eigenvalue weighted by Crippen LogP contribution is -2.28. The van der Waals surface area contributed by atoms with Gasteiger partial charge in [0.1, 0.15) is 0 Å². The predicted molar refractivity (Wildman–Crippen MR) is 55.7 cm³/mol. The van der Waals surface area contributed by atoms with Crippen molar-refractivity contribution in [1.29, 1.82) is 0 Å². The lowest BCUT2D eigenvalue weighted by molar-refractivity contribution is 0.165. The number of rotatable bonds is 1. The minimum atomic E-state index is -0.675. The van der Waals surface area contributed by atoms with Crippen molar-refractivity contribution in [2.45, 2.75) is 12.6 Å². The Bertz CT molecular complexity index is 393. The Morgan fingerprint density at radius 3 is 3.00 bits per heavy atom. The van der Waals surface area contributed by atoms with Gasteiger partial charge in [0, 0.05) is 18.7 Å². The SMILES string of the molecule is COc1cc2c(c(N)c1O)C(O)CNC2. The molecule has 1 aromatic carbocycles. The number of anilines is 1. The first-order chi connectivity index (χ1) is 7.15. The van der Waals surface area contributed by atoms with E-state index in [4.69, 9.17) is 10.5 Å². The molecule has 0 saturated carbocycles. The van der Waals surface area contributed by atoms with Crippen LogP contribution in [0.2, 0.25) is 0 Å². The van der Waals surface area contributed by atoms with E-state index in [-0.39, 0.29) is 11.4 Å². The normalized spacial score (nSPS) is 19.7. The number of methoxy groups -OCH3 is 1. The zero-order valence-electron chi connectivity index (χ0n) is 8.45. The fraction of sp³-hybridized carbons (Fsp3) is 0.400. The number of hydrogen-bond donors (Lipinski definition) is 4. The van der Waals surface area contributed by atoms with Crippen molar-refractivity contribution >= 4 is 5.69 Å². The number of fused-ring (bicyclic) bond motifs is 1. The van der Waals surface area contributed by atoms with Crippen LogP contribution < -0.4 is 15.8 Å². The van der Waals surface area contributed by atoms with Gasteiger partial charge in [0.25, 0.3) is 0 Å². The van der Waals surface area contributed by atoms with Crippen LogP contribution in [0.4, 0.5) is 5.69 Å². The second-order valence-corrected chi connectivity index (χ2v) is 3.56. The van der Waals surface area contributed by atoms with E-state index in [1.807, 2.05) is 0 Å². The number of aliphatic hydroxyl groups is 1. The largest absolute Gasteiger partial charge is 0.503 e. The van der Waals surface area contributed by atoms with E-state index in [9.17, 15) is 10.2 Å². The van der Waals surface area contributed by atoms with Gasteiger partial charge in [-0.25, -0.2) is 0 Å². The Morgan fingerprint density at radius 2 is 2.33 bits per heavy atom. The molecule has 0 fully saturated rings. The summed E-state index contributed by atoms with van der Waals surface area (Å²) in [6, 6.07) is 1.69. The van der Waals surface area contributed by atoms with Crippen LogP contribution in [0.15, 0.2) is 6.07 Å². The number of phenolic OH excluding ortho intramolecular Hbond substituents is 1. The molecule has 5 N–H and O–H groups in total. The Kier molecular flexibility index (Phi) is 2.42. The van der Waals surface area contributed by atoms with Crippen molar-refractivity contribution in [3.05, 3.63) is 17.2 Å². The van der Waals surface area contributed by atoms with Gasteiger partial charge in [-0.05, 0) is 11.6 Å². The Morgan fingerprint density at radius 1 is 1.60 bits per heavy atom. The van der Waals surface area contributed by atoms with Crippen LogP contribution in [-0.2, 0) is 6.54 Å². The Balaban J connectivity index is 2.61. The summed E-state index contributed by atoms with van der Waals surface area (Å²) in [5, 5.41) is 22.5. The molecule has 1 aromatic rings. The first-order valence-corrected chi connectivity index (χ1v) is 4.72. The summed E-state index contributed by atoms with van der Waals surface area (Å²) in [7, 11) is 1.47. The van der Waals surface area contributed by atoms with Crippen molar-refractivity contribution in [1.82, 2.24) is 5.32 Å². The average Bonchev–Trinajstić information content (AvgIpc) is 2.23. The van der Waals surface area contributed by atoms with Crippen LogP contribution in [0.3, 0.4) is 0 Å². The molecule has 1 aliphatic rings. The minimum Gasteiger partial charge on any atom is -0.503 e. The maximum Gasteiger partial charge on any atom is 0.181 e.